The summed E-state index contributed by atoms with van der Waals surface area (Å²) in [6.07, 6.45) is 0. The molecule has 7 heteroatoms. The summed E-state index contributed by atoms with van der Waals surface area (Å²) in [6, 6.07) is 14.7. The Balaban J connectivity index is 1.89. The van der Waals surface area contributed by atoms with Gasteiger partial charge in [0.05, 0.1) is 10.6 Å². The molecule has 0 bridgehead atoms. The van der Waals surface area contributed by atoms with E-state index in [1.807, 2.05) is 0 Å². The average molecular weight is 407 g/mol. The number of carbonyl (C=O) groups is 1. The normalized spacial score (nSPS) is 11.8. The van der Waals surface area contributed by atoms with Crippen molar-refractivity contribution in [2.75, 3.05) is 25.2 Å². The Morgan fingerprint density at radius 1 is 1.11 bits per heavy atom. The molecule has 1 N–H and O–H groups in total. The minimum Gasteiger partial charge on any atom is -0.325 e. The van der Waals surface area contributed by atoms with Gasteiger partial charge in [0.1, 0.15) is 0 Å². The smallest absolute Gasteiger partial charge is 0.242 e. The molecule has 0 saturated carbocycles. The highest BCUT2D eigenvalue weighted by atomic mass is 32.2. The van der Waals surface area contributed by atoms with Crippen molar-refractivity contribution in [3.8, 4) is 0 Å². The first-order chi connectivity index (χ1) is 12.7. The predicted molar refractivity (Wildman–Crippen MR) is 113 cm³/mol. The second kappa shape index (κ2) is 9.39. The van der Waals surface area contributed by atoms with Crippen LogP contribution >= 0.6 is 11.8 Å². The molecule has 5 nitrogen and oxygen atoms in total. The van der Waals surface area contributed by atoms with Crippen LogP contribution < -0.4 is 5.32 Å². The van der Waals surface area contributed by atoms with E-state index >= 15 is 0 Å². The van der Waals surface area contributed by atoms with Gasteiger partial charge < -0.3 is 5.32 Å². The molecule has 0 radical (unpaired) electrons. The van der Waals surface area contributed by atoms with E-state index in [1.165, 1.54) is 49.1 Å². The van der Waals surface area contributed by atoms with Gasteiger partial charge in [-0.2, -0.15) is 0 Å². The Bertz CT molecular complexity index is 876. The number of nitrogens with zero attached hydrogens (tertiary/aromatic N) is 1. The molecule has 0 aliphatic rings. The molecule has 0 saturated heterocycles. The molecule has 146 valence electrons. The number of benzene rings is 2. The van der Waals surface area contributed by atoms with Gasteiger partial charge in [0.25, 0.3) is 0 Å². The summed E-state index contributed by atoms with van der Waals surface area (Å²) in [5.74, 6) is 1.40. The molecule has 0 aliphatic heterocycles. The van der Waals surface area contributed by atoms with Crippen molar-refractivity contribution < 1.29 is 13.2 Å². The van der Waals surface area contributed by atoms with Crippen LogP contribution in [0.25, 0.3) is 0 Å². The fourth-order valence-corrected chi connectivity index (χ4v) is 4.14. The molecule has 0 fully saturated rings. The van der Waals surface area contributed by atoms with E-state index < -0.39 is 10.0 Å². The monoisotopic (exact) mass is 406 g/mol. The SMILES string of the molecule is CC(C)c1ccc(CSCC(=O)Nc2cccc(S(=O)(=O)N(C)C)c2)cc1. The largest absolute Gasteiger partial charge is 0.325 e. The predicted octanol–water partition coefficient (Wildman–Crippen LogP) is 3.93. The van der Waals surface area contributed by atoms with Crippen LogP contribution in [0.2, 0.25) is 0 Å². The van der Waals surface area contributed by atoms with Gasteiger partial charge in [-0.15, -0.1) is 11.8 Å². The fourth-order valence-electron chi connectivity index (χ4n) is 2.40. The van der Waals surface area contributed by atoms with E-state index in [0.717, 1.165) is 10.1 Å². The number of hydrogen-bond acceptors (Lipinski definition) is 4. The average Bonchev–Trinajstić information content (AvgIpc) is 2.62. The van der Waals surface area contributed by atoms with Crippen LogP contribution in [0.15, 0.2) is 53.4 Å². The first-order valence-corrected chi connectivity index (χ1v) is 11.3. The number of nitrogens with one attached hydrogen (secondary N) is 1. The summed E-state index contributed by atoms with van der Waals surface area (Å²) in [7, 11) is -0.567. The standard InChI is InChI=1S/C20H26N2O3S2/c1-15(2)17-10-8-16(9-11-17)13-26-14-20(23)21-18-6-5-7-19(12-18)27(24,25)22(3)4/h5-12,15H,13-14H2,1-4H3,(H,21,23). The summed E-state index contributed by atoms with van der Waals surface area (Å²) in [5, 5.41) is 2.76. The van der Waals surface area contributed by atoms with E-state index in [0.29, 0.717) is 17.4 Å². The molecule has 1 amide bonds. The third-order valence-corrected chi connectivity index (χ3v) is 6.86. The second-order valence-electron chi connectivity index (χ2n) is 6.75. The van der Waals surface area contributed by atoms with Crippen molar-refractivity contribution in [3.63, 3.8) is 0 Å². The van der Waals surface area contributed by atoms with Gasteiger partial charge in [-0.1, -0.05) is 44.2 Å². The molecule has 0 atom stereocenters. The van der Waals surface area contributed by atoms with Crippen LogP contribution in [0.5, 0.6) is 0 Å². The quantitative estimate of drug-likeness (QED) is 0.721. The van der Waals surface area contributed by atoms with Gasteiger partial charge in [-0.25, -0.2) is 12.7 Å². The summed E-state index contributed by atoms with van der Waals surface area (Å²) in [5.41, 5.74) is 2.95. The van der Waals surface area contributed by atoms with Gasteiger partial charge >= 0.3 is 0 Å². The zero-order chi connectivity index (χ0) is 20.0. The summed E-state index contributed by atoms with van der Waals surface area (Å²) in [6.45, 7) is 4.32. The minimum atomic E-state index is -3.52. The Morgan fingerprint density at radius 3 is 2.37 bits per heavy atom. The Hall–Kier alpha value is -1.83. The molecule has 2 aromatic rings. The van der Waals surface area contributed by atoms with Gasteiger partial charge in [-0.3, -0.25) is 4.79 Å². The third-order valence-electron chi connectivity index (χ3n) is 4.04. The molecule has 27 heavy (non-hydrogen) atoms. The number of carbonyl (C=O) groups excluding carboxylic acids is 1. The fraction of sp³-hybridized carbons (Fsp3) is 0.350. The first-order valence-electron chi connectivity index (χ1n) is 8.69. The van der Waals surface area contributed by atoms with Crippen LogP contribution in [0.1, 0.15) is 30.9 Å². The highest BCUT2D eigenvalue weighted by Crippen LogP contribution is 2.20. The number of sulfonamides is 1. The molecular formula is C20H26N2O3S2. The van der Waals surface area contributed by atoms with E-state index in [9.17, 15) is 13.2 Å². The summed E-state index contributed by atoms with van der Waals surface area (Å²) < 4.78 is 25.5. The molecule has 0 spiro atoms. The van der Waals surface area contributed by atoms with Crippen molar-refractivity contribution in [3.05, 3.63) is 59.7 Å². The van der Waals surface area contributed by atoms with Crippen LogP contribution in [-0.4, -0.2) is 38.5 Å². The number of rotatable bonds is 8. The van der Waals surface area contributed by atoms with E-state index in [-0.39, 0.29) is 10.8 Å². The minimum absolute atomic E-state index is 0.154. The van der Waals surface area contributed by atoms with Gasteiger partial charge in [0.2, 0.25) is 15.9 Å². The number of hydrogen-bond donors (Lipinski definition) is 1. The van der Waals surface area contributed by atoms with Crippen molar-refractivity contribution in [2.45, 2.75) is 30.4 Å². The topological polar surface area (TPSA) is 66.5 Å². The maximum absolute atomic E-state index is 12.2. The number of amides is 1. The zero-order valence-electron chi connectivity index (χ0n) is 16.1. The van der Waals surface area contributed by atoms with Crippen LogP contribution in [0.4, 0.5) is 5.69 Å². The lowest BCUT2D eigenvalue weighted by Gasteiger charge is -2.12. The van der Waals surface area contributed by atoms with Gasteiger partial charge in [-0.05, 0) is 35.2 Å². The van der Waals surface area contributed by atoms with Crippen molar-refractivity contribution in [1.29, 1.82) is 0 Å². The van der Waals surface area contributed by atoms with Crippen LogP contribution in [0, 0.1) is 0 Å². The first kappa shape index (κ1) is 21.5. The maximum Gasteiger partial charge on any atom is 0.242 e. The Kier molecular flexibility index (Phi) is 7.47. The molecule has 0 unspecified atom stereocenters. The second-order valence-corrected chi connectivity index (χ2v) is 9.89. The molecular weight excluding hydrogens is 380 g/mol. The molecule has 0 aliphatic carbocycles. The van der Waals surface area contributed by atoms with Gasteiger partial charge in [0.15, 0.2) is 0 Å². The Morgan fingerprint density at radius 2 is 1.78 bits per heavy atom. The van der Waals surface area contributed by atoms with Crippen molar-refractivity contribution >= 4 is 33.4 Å². The van der Waals surface area contributed by atoms with E-state index in [4.69, 9.17) is 0 Å². The summed E-state index contributed by atoms with van der Waals surface area (Å²) in [4.78, 5) is 12.3. The van der Waals surface area contributed by atoms with E-state index in [1.54, 1.807) is 12.1 Å². The van der Waals surface area contributed by atoms with Crippen LogP contribution in [-0.2, 0) is 20.6 Å². The Labute approximate surface area is 166 Å². The molecule has 0 heterocycles. The lowest BCUT2D eigenvalue weighted by Crippen LogP contribution is -2.22. The lowest BCUT2D eigenvalue weighted by molar-refractivity contribution is -0.113. The maximum atomic E-state index is 12.2. The highest BCUT2D eigenvalue weighted by Gasteiger charge is 2.17. The molecule has 2 aromatic carbocycles. The van der Waals surface area contributed by atoms with Crippen molar-refractivity contribution in [1.82, 2.24) is 4.31 Å². The highest BCUT2D eigenvalue weighted by molar-refractivity contribution is 7.99. The zero-order valence-corrected chi connectivity index (χ0v) is 17.7. The lowest BCUT2D eigenvalue weighted by atomic mass is 10.0. The van der Waals surface area contributed by atoms with Gasteiger partial charge in [0, 0.05) is 25.5 Å². The van der Waals surface area contributed by atoms with Crippen LogP contribution in [0.3, 0.4) is 0 Å². The van der Waals surface area contributed by atoms with Crippen molar-refractivity contribution in [2.24, 2.45) is 0 Å². The molecule has 0 aromatic heterocycles. The number of thioether (sulfide) groups is 1. The third kappa shape index (κ3) is 6.09. The van der Waals surface area contributed by atoms with E-state index in [2.05, 4.69) is 43.4 Å². The molecule has 2 rings (SSSR count). The number of anilines is 1. The summed E-state index contributed by atoms with van der Waals surface area (Å²) >= 11 is 1.52.